The van der Waals surface area contributed by atoms with E-state index in [2.05, 4.69) is 5.32 Å². The molecule has 0 amide bonds. The van der Waals surface area contributed by atoms with E-state index in [9.17, 15) is 10.1 Å². The quantitative estimate of drug-likeness (QED) is 0.674. The van der Waals surface area contributed by atoms with Gasteiger partial charge in [-0.15, -0.1) is 11.3 Å². The zero-order valence-corrected chi connectivity index (χ0v) is 11.2. The average Bonchev–Trinajstić information content (AvgIpc) is 2.82. The van der Waals surface area contributed by atoms with E-state index in [1.54, 1.807) is 17.4 Å². The molecule has 0 aliphatic carbocycles. The van der Waals surface area contributed by atoms with Crippen molar-refractivity contribution in [2.45, 2.75) is 13.5 Å². The van der Waals surface area contributed by atoms with E-state index in [-0.39, 0.29) is 10.7 Å². The number of rotatable bonds is 4. The number of anilines is 1. The number of benzene rings is 1. The first-order valence-corrected chi connectivity index (χ1v) is 6.54. The fourth-order valence-electron chi connectivity index (χ4n) is 1.59. The van der Waals surface area contributed by atoms with Gasteiger partial charge in [0, 0.05) is 23.2 Å². The van der Waals surface area contributed by atoms with E-state index in [0.717, 1.165) is 11.3 Å². The van der Waals surface area contributed by atoms with Gasteiger partial charge in [-0.1, -0.05) is 17.7 Å². The summed E-state index contributed by atoms with van der Waals surface area (Å²) in [5, 5.41) is 16.1. The number of aryl methyl sites for hydroxylation is 1. The molecule has 0 spiro atoms. The van der Waals surface area contributed by atoms with Gasteiger partial charge in [-0.05, 0) is 30.0 Å². The van der Waals surface area contributed by atoms with Crippen molar-refractivity contribution in [1.29, 1.82) is 0 Å². The first-order valence-electron chi connectivity index (χ1n) is 5.28. The molecule has 1 N–H and O–H groups in total. The number of hydrogen-bond acceptors (Lipinski definition) is 4. The second kappa shape index (κ2) is 5.37. The third-order valence-electron chi connectivity index (χ3n) is 2.52. The minimum absolute atomic E-state index is 0.0594. The zero-order chi connectivity index (χ0) is 13.1. The highest BCUT2D eigenvalue weighted by atomic mass is 35.5. The van der Waals surface area contributed by atoms with Gasteiger partial charge in [0.1, 0.15) is 5.02 Å². The van der Waals surface area contributed by atoms with E-state index in [1.807, 2.05) is 24.4 Å². The topological polar surface area (TPSA) is 55.2 Å². The maximum atomic E-state index is 10.7. The lowest BCUT2D eigenvalue weighted by molar-refractivity contribution is -0.384. The number of nitrogens with one attached hydrogen (secondary N) is 1. The molecule has 6 heteroatoms. The molecule has 1 heterocycles. The van der Waals surface area contributed by atoms with Crippen molar-refractivity contribution in [1.82, 2.24) is 0 Å². The monoisotopic (exact) mass is 282 g/mol. The molecular weight excluding hydrogens is 272 g/mol. The van der Waals surface area contributed by atoms with Gasteiger partial charge < -0.3 is 5.32 Å². The van der Waals surface area contributed by atoms with E-state index < -0.39 is 4.92 Å². The van der Waals surface area contributed by atoms with Crippen LogP contribution in [0.3, 0.4) is 0 Å². The normalized spacial score (nSPS) is 10.3. The minimum atomic E-state index is -0.474. The van der Waals surface area contributed by atoms with Crippen LogP contribution in [-0.4, -0.2) is 4.92 Å². The number of thiophene rings is 1. The molecule has 0 fully saturated rings. The van der Waals surface area contributed by atoms with Crippen LogP contribution in [0.1, 0.15) is 10.4 Å². The summed E-state index contributed by atoms with van der Waals surface area (Å²) in [5.74, 6) is 0. The van der Waals surface area contributed by atoms with Crippen molar-refractivity contribution in [3.8, 4) is 0 Å². The summed E-state index contributed by atoms with van der Waals surface area (Å²) in [5.41, 5.74) is 1.57. The fraction of sp³-hybridized carbons (Fsp3) is 0.167. The van der Waals surface area contributed by atoms with Gasteiger partial charge in [-0.2, -0.15) is 0 Å². The Hall–Kier alpha value is -1.59. The zero-order valence-electron chi connectivity index (χ0n) is 9.64. The van der Waals surface area contributed by atoms with Crippen LogP contribution in [0.15, 0.2) is 29.6 Å². The average molecular weight is 283 g/mol. The minimum Gasteiger partial charge on any atom is -0.380 e. The Balaban J connectivity index is 2.19. The molecule has 4 nitrogen and oxygen atoms in total. The number of nitrogens with zero attached hydrogens (tertiary/aromatic N) is 1. The van der Waals surface area contributed by atoms with Crippen LogP contribution in [0.4, 0.5) is 11.4 Å². The van der Waals surface area contributed by atoms with Gasteiger partial charge in [-0.25, -0.2) is 0 Å². The molecule has 1 aromatic heterocycles. The first kappa shape index (κ1) is 12.9. The Bertz CT molecular complexity index is 570. The SMILES string of the molecule is Cc1cc([N+](=O)[O-])c(Cl)cc1NCc1cccs1. The van der Waals surface area contributed by atoms with Gasteiger partial charge in [-0.3, -0.25) is 10.1 Å². The summed E-state index contributed by atoms with van der Waals surface area (Å²) >= 11 is 7.53. The molecule has 0 bridgehead atoms. The summed E-state index contributed by atoms with van der Waals surface area (Å²) in [6.45, 7) is 2.51. The molecule has 0 saturated heterocycles. The molecule has 18 heavy (non-hydrogen) atoms. The molecule has 2 aromatic rings. The largest absolute Gasteiger partial charge is 0.380 e. The highest BCUT2D eigenvalue weighted by Gasteiger charge is 2.14. The van der Waals surface area contributed by atoms with Crippen LogP contribution in [0.2, 0.25) is 5.02 Å². The lowest BCUT2D eigenvalue weighted by atomic mass is 10.1. The lowest BCUT2D eigenvalue weighted by Crippen LogP contribution is -2.00. The third kappa shape index (κ3) is 2.80. The Labute approximate surface area is 113 Å². The highest BCUT2D eigenvalue weighted by Crippen LogP contribution is 2.30. The van der Waals surface area contributed by atoms with E-state index in [4.69, 9.17) is 11.6 Å². The first-order chi connectivity index (χ1) is 8.58. The maximum Gasteiger partial charge on any atom is 0.288 e. The molecule has 2 rings (SSSR count). The summed E-state index contributed by atoms with van der Waals surface area (Å²) in [6, 6.07) is 7.10. The smallest absolute Gasteiger partial charge is 0.288 e. The predicted octanol–water partition coefficient (Wildman–Crippen LogP) is 4.23. The van der Waals surface area contributed by atoms with Gasteiger partial charge in [0.25, 0.3) is 5.69 Å². The molecular formula is C12H11ClN2O2S. The second-order valence-electron chi connectivity index (χ2n) is 3.81. The Morgan fingerprint density at radius 1 is 1.50 bits per heavy atom. The van der Waals surface area contributed by atoms with Crippen molar-refractivity contribution >= 4 is 34.3 Å². The second-order valence-corrected chi connectivity index (χ2v) is 5.25. The Morgan fingerprint density at radius 2 is 2.28 bits per heavy atom. The molecule has 1 aromatic carbocycles. The Morgan fingerprint density at radius 3 is 2.89 bits per heavy atom. The van der Waals surface area contributed by atoms with Crippen LogP contribution in [0, 0.1) is 17.0 Å². The third-order valence-corrected chi connectivity index (χ3v) is 3.70. The summed E-state index contributed by atoms with van der Waals surface area (Å²) < 4.78 is 0. The van der Waals surface area contributed by atoms with Crippen molar-refractivity contribution < 1.29 is 4.92 Å². The molecule has 0 saturated carbocycles. The van der Waals surface area contributed by atoms with Crippen LogP contribution in [0.5, 0.6) is 0 Å². The number of nitro benzene ring substituents is 1. The van der Waals surface area contributed by atoms with E-state index >= 15 is 0 Å². The molecule has 94 valence electrons. The molecule has 0 atom stereocenters. The number of hydrogen-bond donors (Lipinski definition) is 1. The predicted molar refractivity (Wildman–Crippen MR) is 74.5 cm³/mol. The van der Waals surface area contributed by atoms with Gasteiger partial charge >= 0.3 is 0 Å². The summed E-state index contributed by atoms with van der Waals surface area (Å²) in [7, 11) is 0. The standard InChI is InChI=1S/C12H11ClN2O2S/c1-8-5-12(15(16)17)10(13)6-11(8)14-7-9-3-2-4-18-9/h2-6,14H,7H2,1H3. The molecule has 0 aliphatic rings. The molecule has 0 aliphatic heterocycles. The fourth-order valence-corrected chi connectivity index (χ4v) is 2.47. The van der Waals surface area contributed by atoms with Gasteiger partial charge in [0.15, 0.2) is 0 Å². The summed E-state index contributed by atoms with van der Waals surface area (Å²) in [4.78, 5) is 11.5. The van der Waals surface area contributed by atoms with E-state index in [0.29, 0.717) is 6.54 Å². The molecule has 0 radical (unpaired) electrons. The van der Waals surface area contributed by atoms with Crippen LogP contribution in [-0.2, 0) is 6.54 Å². The number of halogens is 1. The van der Waals surface area contributed by atoms with Gasteiger partial charge in [0.05, 0.1) is 4.92 Å². The summed E-state index contributed by atoms with van der Waals surface area (Å²) in [6.07, 6.45) is 0. The van der Waals surface area contributed by atoms with Crippen molar-refractivity contribution in [3.63, 3.8) is 0 Å². The van der Waals surface area contributed by atoms with Crippen LogP contribution in [0.25, 0.3) is 0 Å². The highest BCUT2D eigenvalue weighted by molar-refractivity contribution is 7.09. The lowest BCUT2D eigenvalue weighted by Gasteiger charge is -2.09. The van der Waals surface area contributed by atoms with E-state index in [1.165, 1.54) is 10.9 Å². The maximum absolute atomic E-state index is 10.7. The van der Waals surface area contributed by atoms with Crippen molar-refractivity contribution in [2.24, 2.45) is 0 Å². The number of nitro groups is 1. The van der Waals surface area contributed by atoms with Crippen LogP contribution < -0.4 is 5.32 Å². The van der Waals surface area contributed by atoms with Crippen molar-refractivity contribution in [3.05, 3.63) is 55.2 Å². The van der Waals surface area contributed by atoms with Crippen LogP contribution >= 0.6 is 22.9 Å². The van der Waals surface area contributed by atoms with Gasteiger partial charge in [0.2, 0.25) is 0 Å². The Kier molecular flexibility index (Phi) is 3.84. The van der Waals surface area contributed by atoms with Crippen molar-refractivity contribution in [2.75, 3.05) is 5.32 Å². The molecule has 0 unspecified atom stereocenters.